The van der Waals surface area contributed by atoms with Crippen molar-refractivity contribution in [2.75, 3.05) is 0 Å². The standard InChI is InChI=1S/C30H25FO4/c1-3-29(32)34-20-25-9-5-7-22(17-25)11-12-24-14-16-27(28(31)19-24)15-13-23-8-6-10-26(18-23)21-35-30(33)4-2/h3-19H,1-2,20-21H2. The van der Waals surface area contributed by atoms with Gasteiger partial charge in [-0.3, -0.25) is 0 Å². The maximum Gasteiger partial charge on any atom is 0.330 e. The lowest BCUT2D eigenvalue weighted by Gasteiger charge is -2.04. The van der Waals surface area contributed by atoms with Crippen LogP contribution in [0, 0.1) is 5.82 Å². The second kappa shape index (κ2) is 12.7. The summed E-state index contributed by atoms with van der Waals surface area (Å²) in [5.74, 6) is -1.30. The predicted molar refractivity (Wildman–Crippen MR) is 137 cm³/mol. The third-order valence-electron chi connectivity index (χ3n) is 4.95. The summed E-state index contributed by atoms with van der Waals surface area (Å²) < 4.78 is 24.8. The van der Waals surface area contributed by atoms with Crippen LogP contribution in [-0.2, 0) is 32.3 Å². The number of esters is 2. The van der Waals surface area contributed by atoms with Crippen LogP contribution in [0.4, 0.5) is 4.39 Å². The molecule has 3 aromatic carbocycles. The normalized spacial score (nSPS) is 10.9. The highest BCUT2D eigenvalue weighted by atomic mass is 19.1. The van der Waals surface area contributed by atoms with Crippen molar-refractivity contribution in [1.82, 2.24) is 0 Å². The Morgan fingerprint density at radius 1 is 0.686 bits per heavy atom. The molecule has 0 spiro atoms. The summed E-state index contributed by atoms with van der Waals surface area (Å²) >= 11 is 0. The highest BCUT2D eigenvalue weighted by Gasteiger charge is 2.02. The maximum atomic E-state index is 14.7. The van der Waals surface area contributed by atoms with E-state index in [4.69, 9.17) is 9.47 Å². The van der Waals surface area contributed by atoms with Gasteiger partial charge in [0.1, 0.15) is 19.0 Å². The summed E-state index contributed by atoms with van der Waals surface area (Å²) in [5, 5.41) is 0. The molecule has 0 aliphatic carbocycles. The smallest absolute Gasteiger partial charge is 0.330 e. The van der Waals surface area contributed by atoms with Crippen LogP contribution in [0.1, 0.15) is 33.4 Å². The molecule has 176 valence electrons. The van der Waals surface area contributed by atoms with Crippen molar-refractivity contribution in [2.24, 2.45) is 0 Å². The topological polar surface area (TPSA) is 52.6 Å². The molecule has 0 aliphatic heterocycles. The molecule has 0 aliphatic rings. The van der Waals surface area contributed by atoms with E-state index >= 15 is 0 Å². The fourth-order valence-corrected chi connectivity index (χ4v) is 3.16. The third kappa shape index (κ3) is 8.09. The molecule has 0 N–H and O–H groups in total. The summed E-state index contributed by atoms with van der Waals surface area (Å²) in [6.07, 6.45) is 9.43. The molecule has 0 atom stereocenters. The molecule has 3 rings (SSSR count). The molecule has 0 amide bonds. The molecule has 3 aromatic rings. The van der Waals surface area contributed by atoms with Gasteiger partial charge in [-0.1, -0.05) is 86.0 Å². The van der Waals surface area contributed by atoms with Gasteiger partial charge in [0.25, 0.3) is 0 Å². The van der Waals surface area contributed by atoms with Crippen molar-refractivity contribution >= 4 is 36.2 Å². The minimum Gasteiger partial charge on any atom is -0.458 e. The number of halogens is 1. The van der Waals surface area contributed by atoms with Crippen molar-refractivity contribution in [2.45, 2.75) is 13.2 Å². The van der Waals surface area contributed by atoms with Crippen molar-refractivity contribution in [3.63, 3.8) is 0 Å². The highest BCUT2D eigenvalue weighted by Crippen LogP contribution is 2.18. The quantitative estimate of drug-likeness (QED) is 0.191. The lowest BCUT2D eigenvalue weighted by Crippen LogP contribution is -2.00. The fourth-order valence-electron chi connectivity index (χ4n) is 3.16. The van der Waals surface area contributed by atoms with Crippen LogP contribution in [0.3, 0.4) is 0 Å². The fraction of sp³-hybridized carbons (Fsp3) is 0.0667. The first-order valence-electron chi connectivity index (χ1n) is 10.9. The summed E-state index contributed by atoms with van der Waals surface area (Å²) in [4.78, 5) is 22.5. The number of ether oxygens (including phenoxy) is 2. The molecule has 0 saturated heterocycles. The molecule has 0 unspecified atom stereocenters. The molecule has 0 bridgehead atoms. The Morgan fingerprint density at radius 2 is 1.17 bits per heavy atom. The zero-order valence-electron chi connectivity index (χ0n) is 19.2. The molecular formula is C30H25FO4. The van der Waals surface area contributed by atoms with Gasteiger partial charge in [-0.05, 0) is 46.0 Å². The maximum absolute atomic E-state index is 14.7. The minimum absolute atomic E-state index is 0.144. The van der Waals surface area contributed by atoms with Gasteiger partial charge in [-0.15, -0.1) is 0 Å². The first-order valence-corrected chi connectivity index (χ1v) is 10.9. The van der Waals surface area contributed by atoms with Crippen molar-refractivity contribution in [3.8, 4) is 0 Å². The number of hydrogen-bond donors (Lipinski definition) is 0. The van der Waals surface area contributed by atoms with Crippen LogP contribution in [0.25, 0.3) is 24.3 Å². The Labute approximate surface area is 204 Å². The van der Waals surface area contributed by atoms with Gasteiger partial charge < -0.3 is 9.47 Å². The van der Waals surface area contributed by atoms with Crippen LogP contribution in [0.5, 0.6) is 0 Å². The molecule has 0 aromatic heterocycles. The van der Waals surface area contributed by atoms with Crippen LogP contribution in [-0.4, -0.2) is 11.9 Å². The number of carbonyl (C=O) groups is 2. The Kier molecular flexibility index (Phi) is 9.08. The van der Waals surface area contributed by atoms with E-state index < -0.39 is 11.9 Å². The average Bonchev–Trinajstić information content (AvgIpc) is 2.89. The zero-order chi connectivity index (χ0) is 25.0. The van der Waals surface area contributed by atoms with Gasteiger partial charge in [-0.25, -0.2) is 14.0 Å². The molecular weight excluding hydrogens is 443 g/mol. The molecule has 0 fully saturated rings. The summed E-state index contributed by atoms with van der Waals surface area (Å²) in [6.45, 7) is 7.05. The first kappa shape index (κ1) is 25.1. The molecule has 35 heavy (non-hydrogen) atoms. The Hall–Kier alpha value is -4.51. The molecule has 5 heteroatoms. The van der Waals surface area contributed by atoms with E-state index in [-0.39, 0.29) is 19.0 Å². The highest BCUT2D eigenvalue weighted by molar-refractivity contribution is 5.81. The van der Waals surface area contributed by atoms with Crippen LogP contribution < -0.4 is 0 Å². The Balaban J connectivity index is 1.65. The van der Waals surface area contributed by atoms with E-state index in [0.717, 1.165) is 34.4 Å². The number of carbonyl (C=O) groups excluding carboxylic acids is 2. The molecule has 4 nitrogen and oxygen atoms in total. The van der Waals surface area contributed by atoms with Crippen LogP contribution >= 0.6 is 0 Å². The van der Waals surface area contributed by atoms with E-state index in [1.165, 1.54) is 6.07 Å². The van der Waals surface area contributed by atoms with E-state index in [9.17, 15) is 14.0 Å². The Bertz CT molecular complexity index is 1290. The largest absolute Gasteiger partial charge is 0.458 e. The van der Waals surface area contributed by atoms with E-state index in [1.807, 2.05) is 66.7 Å². The van der Waals surface area contributed by atoms with Gasteiger partial charge in [0.2, 0.25) is 0 Å². The molecule has 0 saturated carbocycles. The first-order chi connectivity index (χ1) is 17.0. The number of hydrogen-bond acceptors (Lipinski definition) is 4. The lowest BCUT2D eigenvalue weighted by atomic mass is 10.1. The van der Waals surface area contributed by atoms with Gasteiger partial charge in [0, 0.05) is 17.7 Å². The Morgan fingerprint density at radius 3 is 1.66 bits per heavy atom. The van der Waals surface area contributed by atoms with E-state index in [2.05, 4.69) is 13.2 Å². The van der Waals surface area contributed by atoms with Crippen molar-refractivity contribution < 1.29 is 23.5 Å². The second-order valence-electron chi connectivity index (χ2n) is 7.56. The summed E-state index contributed by atoms with van der Waals surface area (Å²) in [6, 6.07) is 20.0. The van der Waals surface area contributed by atoms with Gasteiger partial charge in [-0.2, -0.15) is 0 Å². The third-order valence-corrected chi connectivity index (χ3v) is 4.95. The average molecular weight is 469 g/mol. The van der Waals surface area contributed by atoms with Crippen LogP contribution in [0.2, 0.25) is 0 Å². The number of benzene rings is 3. The van der Waals surface area contributed by atoms with Crippen molar-refractivity contribution in [1.29, 1.82) is 0 Å². The number of rotatable bonds is 10. The van der Waals surface area contributed by atoms with E-state index in [0.29, 0.717) is 11.1 Å². The zero-order valence-corrected chi connectivity index (χ0v) is 19.2. The lowest BCUT2D eigenvalue weighted by molar-refractivity contribution is -0.139. The summed E-state index contributed by atoms with van der Waals surface area (Å²) in [7, 11) is 0. The molecule has 0 heterocycles. The summed E-state index contributed by atoms with van der Waals surface area (Å²) in [5.41, 5.74) is 4.60. The minimum atomic E-state index is -0.483. The monoisotopic (exact) mass is 468 g/mol. The predicted octanol–water partition coefficient (Wildman–Crippen LogP) is 6.62. The molecule has 0 radical (unpaired) electrons. The van der Waals surface area contributed by atoms with Crippen molar-refractivity contribution in [3.05, 3.63) is 131 Å². The SMILES string of the molecule is C=CC(=O)OCc1cccc(C=Cc2ccc(C=Cc3cccc(COC(=O)C=C)c3)c(F)c2)c1. The van der Waals surface area contributed by atoms with Gasteiger partial charge in [0.15, 0.2) is 0 Å². The van der Waals surface area contributed by atoms with Gasteiger partial charge >= 0.3 is 11.9 Å². The van der Waals surface area contributed by atoms with Crippen LogP contribution in [0.15, 0.2) is 92.0 Å². The van der Waals surface area contributed by atoms with Gasteiger partial charge in [0.05, 0.1) is 0 Å². The second-order valence-corrected chi connectivity index (χ2v) is 7.56. The van der Waals surface area contributed by atoms with E-state index in [1.54, 1.807) is 18.2 Å².